The molecule has 7 heteroatoms. The molecule has 1 aliphatic rings. The number of anilines is 1. The van der Waals surface area contributed by atoms with E-state index in [1.54, 1.807) is 18.3 Å². The average molecular weight is 318 g/mol. The molecule has 0 aliphatic carbocycles. The molecule has 0 atom stereocenters. The molecule has 0 fully saturated rings. The van der Waals surface area contributed by atoms with E-state index in [1.165, 1.54) is 6.08 Å². The molecule has 2 aromatic rings. The maximum Gasteiger partial charge on any atom is 0.277 e. The van der Waals surface area contributed by atoms with Crippen LogP contribution >= 0.6 is 11.6 Å². The summed E-state index contributed by atoms with van der Waals surface area (Å²) in [7, 11) is 0. The molecule has 2 amide bonds. The highest BCUT2D eigenvalue weighted by atomic mass is 35.5. The number of halogens is 1. The number of imide groups is 1. The maximum atomic E-state index is 12.1. The van der Waals surface area contributed by atoms with Crippen LogP contribution in [0.25, 0.3) is 10.8 Å². The zero-order valence-electron chi connectivity index (χ0n) is 11.4. The zero-order valence-corrected chi connectivity index (χ0v) is 12.2. The molecular weight excluding hydrogens is 306 g/mol. The highest BCUT2D eigenvalue weighted by Crippen LogP contribution is 2.23. The predicted molar refractivity (Wildman–Crippen MR) is 82.3 cm³/mol. The van der Waals surface area contributed by atoms with Crippen molar-refractivity contribution in [2.24, 2.45) is 0 Å². The number of benzene rings is 1. The lowest BCUT2D eigenvalue weighted by molar-refractivity contribution is -0.137. The summed E-state index contributed by atoms with van der Waals surface area (Å²) >= 11 is 5.83. The van der Waals surface area contributed by atoms with Gasteiger partial charge in [0.2, 0.25) is 0 Å². The van der Waals surface area contributed by atoms with Crippen LogP contribution in [-0.4, -0.2) is 40.0 Å². The first kappa shape index (κ1) is 14.5. The first-order valence-electron chi connectivity index (χ1n) is 6.59. The number of pyridine rings is 1. The summed E-state index contributed by atoms with van der Waals surface area (Å²) in [6.45, 7) is -0.277. The molecule has 2 N–H and O–H groups in total. The van der Waals surface area contributed by atoms with Gasteiger partial charge >= 0.3 is 0 Å². The van der Waals surface area contributed by atoms with Crippen molar-refractivity contribution in [1.29, 1.82) is 0 Å². The second kappa shape index (κ2) is 5.75. The lowest BCUT2D eigenvalue weighted by Crippen LogP contribution is -2.34. The number of hydrogen-bond donors (Lipinski definition) is 2. The molecule has 2 heterocycles. The van der Waals surface area contributed by atoms with Gasteiger partial charge in [-0.3, -0.25) is 14.5 Å². The minimum atomic E-state index is -0.451. The van der Waals surface area contributed by atoms with Crippen LogP contribution in [0.5, 0.6) is 0 Å². The Morgan fingerprint density at radius 1 is 1.23 bits per heavy atom. The third-order valence-electron chi connectivity index (χ3n) is 3.30. The quantitative estimate of drug-likeness (QED) is 0.660. The van der Waals surface area contributed by atoms with E-state index in [0.29, 0.717) is 10.8 Å². The van der Waals surface area contributed by atoms with Crippen LogP contribution in [0.15, 0.2) is 42.2 Å². The van der Waals surface area contributed by atoms with Gasteiger partial charge in [-0.15, -0.1) is 0 Å². The Labute approximate surface area is 131 Å². The fraction of sp³-hybridized carbons (Fsp3) is 0.133. The second-order valence-corrected chi connectivity index (χ2v) is 5.16. The van der Waals surface area contributed by atoms with Gasteiger partial charge in [0, 0.05) is 23.3 Å². The molecule has 22 heavy (non-hydrogen) atoms. The predicted octanol–water partition coefficient (Wildman–Crippen LogP) is 1.55. The van der Waals surface area contributed by atoms with Gasteiger partial charge < -0.3 is 10.4 Å². The number of aromatic nitrogens is 1. The molecule has 6 nitrogen and oxygen atoms in total. The van der Waals surface area contributed by atoms with Crippen molar-refractivity contribution >= 4 is 39.9 Å². The number of carbonyl (C=O) groups excluding carboxylic acids is 2. The molecule has 1 aromatic heterocycles. The van der Waals surface area contributed by atoms with Gasteiger partial charge in [-0.1, -0.05) is 17.7 Å². The number of rotatable bonds is 4. The molecule has 1 aliphatic heterocycles. The summed E-state index contributed by atoms with van der Waals surface area (Å²) in [6.07, 6.45) is 2.86. The lowest BCUT2D eigenvalue weighted by Gasteiger charge is -2.13. The van der Waals surface area contributed by atoms with Crippen LogP contribution < -0.4 is 5.32 Å². The topological polar surface area (TPSA) is 82.5 Å². The smallest absolute Gasteiger partial charge is 0.277 e. The van der Waals surface area contributed by atoms with Gasteiger partial charge in [0.25, 0.3) is 11.8 Å². The molecule has 1 aromatic carbocycles. The molecule has 0 spiro atoms. The van der Waals surface area contributed by atoms with Crippen molar-refractivity contribution in [1.82, 2.24) is 9.88 Å². The first-order valence-corrected chi connectivity index (χ1v) is 6.97. The van der Waals surface area contributed by atoms with Crippen LogP contribution in [0, 0.1) is 0 Å². The van der Waals surface area contributed by atoms with E-state index < -0.39 is 11.8 Å². The Kier molecular flexibility index (Phi) is 3.79. The van der Waals surface area contributed by atoms with Crippen molar-refractivity contribution in [3.05, 3.63) is 47.4 Å². The molecule has 0 saturated heterocycles. The largest absolute Gasteiger partial charge is 0.395 e. The second-order valence-electron chi connectivity index (χ2n) is 4.77. The van der Waals surface area contributed by atoms with Crippen molar-refractivity contribution in [3.63, 3.8) is 0 Å². The van der Waals surface area contributed by atoms with Gasteiger partial charge in [-0.25, -0.2) is 4.98 Å². The minimum Gasteiger partial charge on any atom is -0.395 e. The van der Waals surface area contributed by atoms with Gasteiger partial charge in [0.15, 0.2) is 0 Å². The Hall–Kier alpha value is -2.44. The lowest BCUT2D eigenvalue weighted by atomic mass is 10.1. The number of aliphatic hydroxyl groups is 1. The Balaban J connectivity index is 1.84. The van der Waals surface area contributed by atoms with E-state index in [1.807, 2.05) is 12.1 Å². The maximum absolute atomic E-state index is 12.1. The molecule has 3 rings (SSSR count). The van der Waals surface area contributed by atoms with E-state index in [-0.39, 0.29) is 18.8 Å². The third-order valence-corrected chi connectivity index (χ3v) is 3.51. The van der Waals surface area contributed by atoms with Crippen LogP contribution in [0.4, 0.5) is 5.69 Å². The summed E-state index contributed by atoms with van der Waals surface area (Å²) in [5.74, 6) is -0.885. The first-order chi connectivity index (χ1) is 10.6. The Bertz CT molecular complexity index is 804. The van der Waals surface area contributed by atoms with Crippen molar-refractivity contribution in [2.45, 2.75) is 0 Å². The normalized spacial score (nSPS) is 14.6. The summed E-state index contributed by atoms with van der Waals surface area (Å²) in [6, 6.07) is 7.18. The van der Waals surface area contributed by atoms with Gasteiger partial charge in [-0.2, -0.15) is 0 Å². The molecular formula is C15H12ClN3O3. The highest BCUT2D eigenvalue weighted by Gasteiger charge is 2.30. The molecule has 112 valence electrons. The third kappa shape index (κ3) is 2.66. The van der Waals surface area contributed by atoms with E-state index in [4.69, 9.17) is 16.7 Å². The monoisotopic (exact) mass is 317 g/mol. The molecule has 0 radical (unpaired) electrons. The van der Waals surface area contributed by atoms with E-state index in [2.05, 4.69) is 10.3 Å². The zero-order chi connectivity index (χ0) is 15.7. The summed E-state index contributed by atoms with van der Waals surface area (Å²) in [5, 5.41) is 14.0. The number of fused-ring (bicyclic) bond motifs is 1. The average Bonchev–Trinajstić information content (AvgIpc) is 2.75. The van der Waals surface area contributed by atoms with E-state index >= 15 is 0 Å². The fourth-order valence-corrected chi connectivity index (χ4v) is 2.42. The number of amides is 2. The van der Waals surface area contributed by atoms with E-state index in [9.17, 15) is 9.59 Å². The number of carbonyl (C=O) groups is 2. The van der Waals surface area contributed by atoms with Crippen LogP contribution in [0.2, 0.25) is 5.15 Å². The number of hydrogen-bond acceptors (Lipinski definition) is 5. The molecule has 0 unspecified atom stereocenters. The summed E-state index contributed by atoms with van der Waals surface area (Å²) < 4.78 is 0. The number of nitrogens with one attached hydrogen (secondary N) is 1. The van der Waals surface area contributed by atoms with Crippen molar-refractivity contribution in [3.8, 4) is 0 Å². The Morgan fingerprint density at radius 3 is 2.82 bits per heavy atom. The standard InChI is InChI=1S/C15H12ClN3O3/c16-13-6-9-1-2-11(5-10(9)8-17-13)18-12-7-14(21)19(3-4-20)15(12)22/h1-2,5-8,18,20H,3-4H2. The van der Waals surface area contributed by atoms with Crippen molar-refractivity contribution in [2.75, 3.05) is 18.5 Å². The highest BCUT2D eigenvalue weighted by molar-refractivity contribution is 6.30. The van der Waals surface area contributed by atoms with Crippen molar-refractivity contribution < 1.29 is 14.7 Å². The van der Waals surface area contributed by atoms with Gasteiger partial charge in [-0.05, 0) is 23.6 Å². The number of nitrogens with zero attached hydrogens (tertiary/aromatic N) is 2. The van der Waals surface area contributed by atoms with Gasteiger partial charge in [0.05, 0.1) is 13.2 Å². The number of β-amino-alcohol motifs (C(OH)–C–C–N with tert-alkyl or cyclic N) is 1. The SMILES string of the molecule is O=C1C=C(Nc2ccc3cc(Cl)ncc3c2)C(=O)N1CCO. The van der Waals surface area contributed by atoms with Gasteiger partial charge in [0.1, 0.15) is 10.9 Å². The van der Waals surface area contributed by atoms with Crippen LogP contribution in [0.3, 0.4) is 0 Å². The number of aliphatic hydroxyl groups excluding tert-OH is 1. The fourth-order valence-electron chi connectivity index (χ4n) is 2.26. The van der Waals surface area contributed by atoms with Crippen LogP contribution in [0.1, 0.15) is 0 Å². The molecule has 0 saturated carbocycles. The molecule has 0 bridgehead atoms. The summed E-state index contributed by atoms with van der Waals surface area (Å²) in [4.78, 5) is 28.7. The summed E-state index contributed by atoms with van der Waals surface area (Å²) in [5.41, 5.74) is 0.842. The Morgan fingerprint density at radius 2 is 2.05 bits per heavy atom. The van der Waals surface area contributed by atoms with E-state index in [0.717, 1.165) is 15.7 Å². The van der Waals surface area contributed by atoms with Crippen LogP contribution in [-0.2, 0) is 9.59 Å². The minimum absolute atomic E-state index is 0.0144.